The average molecular weight is 437 g/mol. The lowest BCUT2D eigenvalue weighted by molar-refractivity contribution is 0.0497. The van der Waals surface area contributed by atoms with Gasteiger partial charge in [-0.25, -0.2) is 13.2 Å². The minimum Gasteiger partial charge on any atom is -0.444 e. The molecule has 1 aliphatic carbocycles. The van der Waals surface area contributed by atoms with Gasteiger partial charge >= 0.3 is 6.09 Å². The predicted octanol–water partition coefficient (Wildman–Crippen LogP) is 3.50. The second-order valence-electron chi connectivity index (χ2n) is 8.18. The molecule has 29 heavy (non-hydrogen) atoms. The van der Waals surface area contributed by atoms with Gasteiger partial charge in [0.1, 0.15) is 10.9 Å². The zero-order chi connectivity index (χ0) is 21.4. The highest BCUT2D eigenvalue weighted by Gasteiger charge is 2.71. The molecule has 0 radical (unpaired) electrons. The smallest absolute Gasteiger partial charge is 0.408 e. The number of hydrogen-bond donors (Lipinski definition) is 2. The molecule has 8 heteroatoms. The molecule has 0 unspecified atom stereocenters. The Labute approximate surface area is 176 Å². The SMILES string of the molecule is CC(C)(C)OC(=O)N[C@@]1(CN)[C@H](c2ccc(Cl)cc2)[C@@H]1S(=O)(=O)c1ccccc1. The molecule has 0 aliphatic heterocycles. The number of halogens is 1. The fourth-order valence-electron chi connectivity index (χ4n) is 3.70. The number of carbonyl (C=O) groups excluding carboxylic acids is 1. The maximum Gasteiger partial charge on any atom is 0.408 e. The van der Waals surface area contributed by atoms with Crippen LogP contribution in [0.2, 0.25) is 5.02 Å². The van der Waals surface area contributed by atoms with E-state index in [-0.39, 0.29) is 11.4 Å². The molecule has 3 rings (SSSR count). The van der Waals surface area contributed by atoms with Crippen molar-refractivity contribution in [2.24, 2.45) is 5.73 Å². The van der Waals surface area contributed by atoms with E-state index in [2.05, 4.69) is 5.32 Å². The third-order valence-corrected chi connectivity index (χ3v) is 7.51. The van der Waals surface area contributed by atoms with Crippen LogP contribution < -0.4 is 11.1 Å². The molecule has 0 saturated heterocycles. The van der Waals surface area contributed by atoms with E-state index in [1.165, 1.54) is 0 Å². The third-order valence-electron chi connectivity index (χ3n) is 4.96. The summed E-state index contributed by atoms with van der Waals surface area (Å²) in [6.45, 7) is 5.16. The van der Waals surface area contributed by atoms with Crippen molar-refractivity contribution in [3.8, 4) is 0 Å². The van der Waals surface area contributed by atoms with E-state index in [9.17, 15) is 13.2 Å². The molecule has 3 N–H and O–H groups in total. The van der Waals surface area contributed by atoms with Crippen molar-refractivity contribution in [1.82, 2.24) is 5.32 Å². The van der Waals surface area contributed by atoms with Gasteiger partial charge in [-0.3, -0.25) is 0 Å². The predicted molar refractivity (Wildman–Crippen MR) is 113 cm³/mol. The van der Waals surface area contributed by atoms with Crippen LogP contribution >= 0.6 is 11.6 Å². The summed E-state index contributed by atoms with van der Waals surface area (Å²) in [5.74, 6) is -0.525. The monoisotopic (exact) mass is 436 g/mol. The topological polar surface area (TPSA) is 98.5 Å². The zero-order valence-corrected chi connectivity index (χ0v) is 18.1. The van der Waals surface area contributed by atoms with Crippen LogP contribution in [0.5, 0.6) is 0 Å². The Morgan fingerprint density at radius 1 is 1.14 bits per heavy atom. The third kappa shape index (κ3) is 4.27. The molecule has 0 bridgehead atoms. The van der Waals surface area contributed by atoms with E-state index in [0.29, 0.717) is 5.02 Å². The average Bonchev–Trinajstić information content (AvgIpc) is 3.31. The molecule has 3 atom stereocenters. The number of hydrogen-bond acceptors (Lipinski definition) is 5. The van der Waals surface area contributed by atoms with E-state index in [4.69, 9.17) is 22.1 Å². The molecule has 2 aromatic carbocycles. The van der Waals surface area contributed by atoms with Crippen molar-refractivity contribution in [2.45, 2.75) is 48.0 Å². The molecule has 0 spiro atoms. The molecule has 0 heterocycles. The lowest BCUT2D eigenvalue weighted by atomic mass is 10.1. The summed E-state index contributed by atoms with van der Waals surface area (Å²) in [6, 6.07) is 15.1. The van der Waals surface area contributed by atoms with Crippen molar-refractivity contribution in [2.75, 3.05) is 6.54 Å². The zero-order valence-electron chi connectivity index (χ0n) is 16.6. The van der Waals surface area contributed by atoms with Crippen LogP contribution in [0.25, 0.3) is 0 Å². The van der Waals surface area contributed by atoms with Gasteiger partial charge in [0.25, 0.3) is 0 Å². The number of amides is 1. The van der Waals surface area contributed by atoms with Crippen LogP contribution in [0, 0.1) is 0 Å². The summed E-state index contributed by atoms with van der Waals surface area (Å²) in [7, 11) is -3.77. The van der Waals surface area contributed by atoms with Crippen molar-refractivity contribution in [3.05, 3.63) is 65.2 Å². The van der Waals surface area contributed by atoms with Crippen LogP contribution in [-0.2, 0) is 14.6 Å². The Bertz CT molecular complexity index is 988. The van der Waals surface area contributed by atoms with E-state index in [1.54, 1.807) is 75.4 Å². The largest absolute Gasteiger partial charge is 0.444 e. The first kappa shape index (κ1) is 21.6. The van der Waals surface area contributed by atoms with E-state index in [0.717, 1.165) is 5.56 Å². The maximum absolute atomic E-state index is 13.4. The van der Waals surface area contributed by atoms with Crippen molar-refractivity contribution >= 4 is 27.5 Å². The summed E-state index contributed by atoms with van der Waals surface area (Å²) in [5.41, 5.74) is 4.88. The minimum absolute atomic E-state index is 0.0593. The van der Waals surface area contributed by atoms with Gasteiger partial charge in [0.2, 0.25) is 0 Å². The molecule has 1 fully saturated rings. The summed E-state index contributed by atoms with van der Waals surface area (Å²) < 4.78 is 32.2. The standard InChI is InChI=1S/C21H25ClN2O4S/c1-20(2,3)28-19(25)24-21(13-23)17(14-9-11-15(22)12-10-14)18(21)29(26,27)16-7-5-4-6-8-16/h4-12,17-18H,13,23H2,1-3H3,(H,24,25)/t17-,18+,21+/m1/s1. The molecule has 156 valence electrons. The molecule has 0 aromatic heterocycles. The highest BCUT2D eigenvalue weighted by molar-refractivity contribution is 7.92. The molecular formula is C21H25ClN2O4S. The van der Waals surface area contributed by atoms with Crippen LogP contribution in [0.3, 0.4) is 0 Å². The maximum atomic E-state index is 13.4. The quantitative estimate of drug-likeness (QED) is 0.747. The Hall–Kier alpha value is -2.09. The molecule has 2 aromatic rings. The summed E-state index contributed by atoms with van der Waals surface area (Å²) in [5, 5.41) is 2.38. The van der Waals surface area contributed by atoms with Crippen molar-refractivity contribution in [3.63, 3.8) is 0 Å². The Balaban J connectivity index is 2.03. The van der Waals surface area contributed by atoms with E-state index in [1.807, 2.05) is 0 Å². The number of alkyl carbamates (subject to hydrolysis) is 1. The Morgan fingerprint density at radius 2 is 1.72 bits per heavy atom. The van der Waals surface area contributed by atoms with Crippen LogP contribution in [-0.4, -0.2) is 37.4 Å². The number of ether oxygens (including phenoxy) is 1. The molecule has 1 saturated carbocycles. The van der Waals surface area contributed by atoms with E-state index >= 15 is 0 Å². The van der Waals surface area contributed by atoms with Gasteiger partial charge in [-0.1, -0.05) is 41.9 Å². The Kier molecular flexibility index (Phi) is 5.69. The number of sulfone groups is 1. The first-order valence-electron chi connectivity index (χ1n) is 9.27. The van der Waals surface area contributed by atoms with Gasteiger partial charge in [-0.05, 0) is 50.6 Å². The van der Waals surface area contributed by atoms with Crippen LogP contribution in [0.1, 0.15) is 32.3 Å². The lowest BCUT2D eigenvalue weighted by Gasteiger charge is -2.24. The fraction of sp³-hybridized carbons (Fsp3) is 0.381. The minimum atomic E-state index is -3.77. The van der Waals surface area contributed by atoms with Gasteiger partial charge in [0, 0.05) is 17.5 Å². The molecule has 1 aliphatic rings. The highest BCUT2D eigenvalue weighted by Crippen LogP contribution is 2.57. The van der Waals surface area contributed by atoms with Crippen molar-refractivity contribution in [1.29, 1.82) is 0 Å². The van der Waals surface area contributed by atoms with Gasteiger partial charge < -0.3 is 15.8 Å². The summed E-state index contributed by atoms with van der Waals surface area (Å²) in [6.07, 6.45) is -0.701. The van der Waals surface area contributed by atoms with Gasteiger partial charge in [0.05, 0.1) is 10.4 Å². The molecule has 1 amide bonds. The summed E-state index contributed by atoms with van der Waals surface area (Å²) >= 11 is 5.99. The highest BCUT2D eigenvalue weighted by atomic mass is 35.5. The van der Waals surface area contributed by atoms with Crippen molar-refractivity contribution < 1.29 is 17.9 Å². The Morgan fingerprint density at radius 3 is 2.24 bits per heavy atom. The first-order valence-corrected chi connectivity index (χ1v) is 11.2. The summed E-state index contributed by atoms with van der Waals surface area (Å²) in [4.78, 5) is 12.7. The second-order valence-corrected chi connectivity index (χ2v) is 10.7. The number of nitrogens with two attached hydrogens (primary N) is 1. The second kappa shape index (κ2) is 7.63. The van der Waals surface area contributed by atoms with E-state index < -0.39 is 38.2 Å². The fourth-order valence-corrected chi connectivity index (χ4v) is 6.19. The first-order chi connectivity index (χ1) is 13.5. The number of nitrogens with one attached hydrogen (secondary N) is 1. The van der Waals surface area contributed by atoms with Gasteiger partial charge in [-0.2, -0.15) is 0 Å². The van der Waals surface area contributed by atoms with Gasteiger partial charge in [-0.15, -0.1) is 0 Å². The number of rotatable bonds is 5. The lowest BCUT2D eigenvalue weighted by Crippen LogP contribution is -2.49. The van der Waals surface area contributed by atoms with Crippen LogP contribution in [0.15, 0.2) is 59.5 Å². The number of benzene rings is 2. The van der Waals surface area contributed by atoms with Crippen LogP contribution in [0.4, 0.5) is 4.79 Å². The number of carbonyl (C=O) groups is 1. The van der Waals surface area contributed by atoms with Gasteiger partial charge in [0.15, 0.2) is 9.84 Å². The molecule has 6 nitrogen and oxygen atoms in total. The molecular weight excluding hydrogens is 412 g/mol. The normalized spacial score (nSPS) is 24.0.